The second-order valence-corrected chi connectivity index (χ2v) is 6.17. The summed E-state index contributed by atoms with van der Waals surface area (Å²) in [6.45, 7) is 4.78. The Balaban J connectivity index is 1.74. The monoisotopic (exact) mass is 290 g/mol. The van der Waals surface area contributed by atoms with Gasteiger partial charge in [0.05, 0.1) is 17.2 Å². The molecular weight excluding hydrogens is 268 g/mol. The van der Waals surface area contributed by atoms with Crippen LogP contribution in [0, 0.1) is 5.41 Å². The Kier molecular flexibility index (Phi) is 3.47. The zero-order chi connectivity index (χ0) is 15.0. The predicted molar refractivity (Wildman–Crippen MR) is 77.7 cm³/mol. The van der Waals surface area contributed by atoms with Crippen LogP contribution in [-0.2, 0) is 11.3 Å². The molecule has 2 aliphatic heterocycles. The van der Waals surface area contributed by atoms with Gasteiger partial charge in [0.1, 0.15) is 0 Å². The minimum Gasteiger partial charge on any atom is -0.345 e. The number of likely N-dealkylation sites (tertiary alicyclic amines) is 2. The first-order valence-corrected chi connectivity index (χ1v) is 7.63. The van der Waals surface area contributed by atoms with Crippen molar-refractivity contribution < 1.29 is 9.59 Å². The van der Waals surface area contributed by atoms with Crippen LogP contribution in [-0.4, -0.2) is 58.1 Å². The average molecular weight is 290 g/mol. The van der Waals surface area contributed by atoms with Crippen LogP contribution in [0.1, 0.15) is 36.5 Å². The lowest BCUT2D eigenvalue weighted by molar-refractivity contribution is -0.143. The molecule has 1 aromatic rings. The van der Waals surface area contributed by atoms with E-state index in [4.69, 9.17) is 0 Å². The number of aryl methyl sites for hydroxylation is 1. The Bertz CT molecular complexity index is 568. The molecule has 1 aromatic heterocycles. The van der Waals surface area contributed by atoms with Gasteiger partial charge in [-0.05, 0) is 26.2 Å². The Hall–Kier alpha value is -1.85. The molecule has 1 atom stereocenters. The molecule has 1 spiro atoms. The normalized spacial score (nSPS) is 25.9. The number of carbonyl (C=O) groups excluding carboxylic acids is 2. The van der Waals surface area contributed by atoms with Crippen LogP contribution in [0.2, 0.25) is 0 Å². The molecule has 0 bridgehead atoms. The van der Waals surface area contributed by atoms with Crippen LogP contribution in [0.4, 0.5) is 0 Å². The van der Waals surface area contributed by atoms with E-state index >= 15 is 0 Å². The largest absolute Gasteiger partial charge is 0.345 e. The summed E-state index contributed by atoms with van der Waals surface area (Å²) in [5, 5.41) is 4.15. The molecule has 0 radical (unpaired) electrons. The lowest BCUT2D eigenvalue weighted by atomic mass is 9.78. The van der Waals surface area contributed by atoms with Crippen molar-refractivity contribution in [2.24, 2.45) is 5.41 Å². The molecule has 3 heterocycles. The number of hydrogen-bond donors (Lipinski definition) is 0. The summed E-state index contributed by atoms with van der Waals surface area (Å²) in [6.07, 6.45) is 6.10. The van der Waals surface area contributed by atoms with Gasteiger partial charge in [0.2, 0.25) is 5.91 Å². The number of hydrogen-bond acceptors (Lipinski definition) is 3. The van der Waals surface area contributed by atoms with Gasteiger partial charge in [-0.1, -0.05) is 0 Å². The van der Waals surface area contributed by atoms with E-state index in [2.05, 4.69) is 5.10 Å². The highest BCUT2D eigenvalue weighted by molar-refractivity contribution is 5.95. The fourth-order valence-corrected chi connectivity index (χ4v) is 3.52. The molecule has 6 heteroatoms. The number of piperidine rings is 1. The number of carbonyl (C=O) groups is 2. The smallest absolute Gasteiger partial charge is 0.257 e. The Labute approximate surface area is 124 Å². The molecule has 0 aromatic carbocycles. The highest BCUT2D eigenvalue weighted by Crippen LogP contribution is 2.40. The van der Waals surface area contributed by atoms with Gasteiger partial charge in [-0.2, -0.15) is 5.10 Å². The molecular formula is C15H22N4O2. The lowest BCUT2D eigenvalue weighted by Crippen LogP contribution is -2.48. The number of rotatable bonds is 2. The highest BCUT2D eigenvalue weighted by Gasteiger charge is 2.48. The van der Waals surface area contributed by atoms with E-state index in [1.54, 1.807) is 17.1 Å². The van der Waals surface area contributed by atoms with Crippen molar-refractivity contribution in [1.29, 1.82) is 0 Å². The molecule has 0 saturated carbocycles. The van der Waals surface area contributed by atoms with Crippen molar-refractivity contribution in [2.75, 3.05) is 26.7 Å². The van der Waals surface area contributed by atoms with E-state index in [0.717, 1.165) is 32.4 Å². The Morgan fingerprint density at radius 2 is 2.19 bits per heavy atom. The van der Waals surface area contributed by atoms with Crippen LogP contribution in [0.5, 0.6) is 0 Å². The first-order chi connectivity index (χ1) is 10.1. The minimum absolute atomic E-state index is 0.00685. The first-order valence-electron chi connectivity index (χ1n) is 7.63. The van der Waals surface area contributed by atoms with Crippen LogP contribution in [0.25, 0.3) is 0 Å². The van der Waals surface area contributed by atoms with Crippen molar-refractivity contribution >= 4 is 11.8 Å². The van der Waals surface area contributed by atoms with Crippen LogP contribution < -0.4 is 0 Å². The maximum Gasteiger partial charge on any atom is 0.257 e. The van der Waals surface area contributed by atoms with E-state index in [1.807, 2.05) is 23.8 Å². The fraction of sp³-hybridized carbons (Fsp3) is 0.667. The summed E-state index contributed by atoms with van der Waals surface area (Å²) in [7, 11) is 1.86. The molecule has 1 unspecified atom stereocenters. The van der Waals surface area contributed by atoms with E-state index in [-0.39, 0.29) is 17.2 Å². The van der Waals surface area contributed by atoms with Crippen LogP contribution in [0.3, 0.4) is 0 Å². The zero-order valence-electron chi connectivity index (χ0n) is 12.7. The summed E-state index contributed by atoms with van der Waals surface area (Å²) >= 11 is 0. The number of amides is 2. The molecule has 0 N–H and O–H groups in total. The van der Waals surface area contributed by atoms with Crippen LogP contribution >= 0.6 is 0 Å². The van der Waals surface area contributed by atoms with Gasteiger partial charge in [0.15, 0.2) is 0 Å². The standard InChI is InChI=1S/C15H22N4O2/c1-3-19-10-12(9-16-19)13(20)18-8-6-15(11-18)5-4-7-17(2)14(15)21/h9-10H,3-8,11H2,1-2H3. The third-order valence-corrected chi connectivity index (χ3v) is 4.79. The highest BCUT2D eigenvalue weighted by atomic mass is 16.2. The second kappa shape index (κ2) is 5.16. The quantitative estimate of drug-likeness (QED) is 0.816. The van der Waals surface area contributed by atoms with Crippen molar-refractivity contribution in [2.45, 2.75) is 32.7 Å². The van der Waals surface area contributed by atoms with Gasteiger partial charge in [0.25, 0.3) is 5.91 Å². The molecule has 2 fully saturated rings. The third kappa shape index (κ3) is 2.32. The average Bonchev–Trinajstić information content (AvgIpc) is 3.12. The van der Waals surface area contributed by atoms with Crippen molar-refractivity contribution in [3.8, 4) is 0 Å². The first kappa shape index (κ1) is 14.1. The molecule has 114 valence electrons. The topological polar surface area (TPSA) is 58.4 Å². The summed E-state index contributed by atoms with van der Waals surface area (Å²) in [5.74, 6) is 0.195. The Morgan fingerprint density at radius 1 is 1.38 bits per heavy atom. The van der Waals surface area contributed by atoms with Gasteiger partial charge in [-0.25, -0.2) is 0 Å². The molecule has 0 aliphatic carbocycles. The van der Waals surface area contributed by atoms with Gasteiger partial charge in [-0.3, -0.25) is 14.3 Å². The third-order valence-electron chi connectivity index (χ3n) is 4.79. The van der Waals surface area contributed by atoms with Gasteiger partial charge >= 0.3 is 0 Å². The molecule has 3 rings (SSSR count). The summed E-state index contributed by atoms with van der Waals surface area (Å²) in [4.78, 5) is 28.6. The van der Waals surface area contributed by atoms with Crippen LogP contribution in [0.15, 0.2) is 12.4 Å². The maximum absolute atomic E-state index is 12.5. The molecule has 2 saturated heterocycles. The summed E-state index contributed by atoms with van der Waals surface area (Å²) < 4.78 is 1.75. The van der Waals surface area contributed by atoms with Gasteiger partial charge < -0.3 is 9.80 Å². The molecule has 2 amide bonds. The van der Waals surface area contributed by atoms with Crippen molar-refractivity contribution in [3.63, 3.8) is 0 Å². The fourth-order valence-electron chi connectivity index (χ4n) is 3.52. The summed E-state index contributed by atoms with van der Waals surface area (Å²) in [6, 6.07) is 0. The van der Waals surface area contributed by atoms with Gasteiger partial charge in [0, 0.05) is 39.4 Å². The maximum atomic E-state index is 12.5. The lowest BCUT2D eigenvalue weighted by Gasteiger charge is -2.37. The molecule has 21 heavy (non-hydrogen) atoms. The van der Waals surface area contributed by atoms with E-state index in [0.29, 0.717) is 18.7 Å². The zero-order valence-corrected chi connectivity index (χ0v) is 12.7. The van der Waals surface area contributed by atoms with E-state index in [9.17, 15) is 9.59 Å². The predicted octanol–water partition coefficient (Wildman–Crippen LogP) is 0.987. The van der Waals surface area contributed by atoms with E-state index in [1.165, 1.54) is 0 Å². The minimum atomic E-state index is -0.344. The number of nitrogens with zero attached hydrogens (tertiary/aromatic N) is 4. The second-order valence-electron chi connectivity index (χ2n) is 6.17. The SMILES string of the molecule is CCn1cc(C(=O)N2CCC3(CCCN(C)C3=O)C2)cn1. The van der Waals surface area contributed by atoms with E-state index < -0.39 is 0 Å². The summed E-state index contributed by atoms with van der Waals surface area (Å²) in [5.41, 5.74) is 0.272. The van der Waals surface area contributed by atoms with Gasteiger partial charge in [-0.15, -0.1) is 0 Å². The van der Waals surface area contributed by atoms with Crippen molar-refractivity contribution in [1.82, 2.24) is 19.6 Å². The number of aromatic nitrogens is 2. The van der Waals surface area contributed by atoms with Crippen molar-refractivity contribution in [3.05, 3.63) is 18.0 Å². The Morgan fingerprint density at radius 3 is 2.90 bits per heavy atom. The molecule has 2 aliphatic rings. The molecule has 6 nitrogen and oxygen atoms in total.